The number of piperazine rings is 1. The maximum absolute atomic E-state index is 12.8. The van der Waals surface area contributed by atoms with E-state index >= 15 is 0 Å². The van der Waals surface area contributed by atoms with Crippen molar-refractivity contribution < 1.29 is 28.0 Å². The average Bonchev–Trinajstić information content (AvgIpc) is 2.59. The first-order valence-electron chi connectivity index (χ1n) is 7.85. The highest BCUT2D eigenvalue weighted by Gasteiger charge is 2.31. The van der Waals surface area contributed by atoms with Crippen LogP contribution in [0.15, 0.2) is 23.1 Å². The van der Waals surface area contributed by atoms with E-state index < -0.39 is 20.9 Å². The molecule has 1 aliphatic heterocycles. The van der Waals surface area contributed by atoms with Crippen molar-refractivity contribution in [2.75, 3.05) is 26.2 Å². The average molecular weight is 384 g/mol. The number of nitro groups is 1. The van der Waals surface area contributed by atoms with Crippen LogP contribution < -0.4 is 5.11 Å². The minimum absolute atomic E-state index is 0.0293. The second-order valence-corrected chi connectivity index (χ2v) is 7.77. The first-order chi connectivity index (χ1) is 12.1. The molecule has 0 bridgehead atoms. The van der Waals surface area contributed by atoms with Crippen molar-refractivity contribution in [2.45, 2.75) is 24.7 Å². The van der Waals surface area contributed by atoms with Gasteiger partial charge in [0.1, 0.15) is 0 Å². The van der Waals surface area contributed by atoms with Crippen LogP contribution in [0.1, 0.15) is 18.4 Å². The minimum Gasteiger partial charge on any atom is -0.550 e. The van der Waals surface area contributed by atoms with Gasteiger partial charge >= 0.3 is 0 Å². The number of carboxylic acids is 1. The third-order valence-corrected chi connectivity index (χ3v) is 6.18. The van der Waals surface area contributed by atoms with Gasteiger partial charge < -0.3 is 14.8 Å². The minimum atomic E-state index is -3.94. The van der Waals surface area contributed by atoms with Gasteiger partial charge in [0.15, 0.2) is 0 Å². The zero-order valence-corrected chi connectivity index (χ0v) is 14.9. The molecule has 1 heterocycles. The fourth-order valence-corrected chi connectivity index (χ4v) is 4.33. The SMILES string of the molecule is Cc1ccc([N+](=O)[O-])cc1S(=O)(=O)N1CCN(C(=O)CCC(=O)[O-])CC1. The largest absolute Gasteiger partial charge is 0.550 e. The number of aryl methyl sites for hydroxylation is 1. The summed E-state index contributed by atoms with van der Waals surface area (Å²) in [5, 5.41) is 21.3. The Morgan fingerprint density at radius 2 is 1.77 bits per heavy atom. The second kappa shape index (κ2) is 7.79. The fraction of sp³-hybridized carbons (Fsp3) is 0.467. The Balaban J connectivity index is 2.11. The Bertz CT molecular complexity index is 830. The van der Waals surface area contributed by atoms with E-state index in [2.05, 4.69) is 0 Å². The molecule has 1 fully saturated rings. The van der Waals surface area contributed by atoms with Gasteiger partial charge in [0, 0.05) is 50.7 Å². The number of carboxylic acid groups (broad SMARTS) is 1. The predicted octanol–water partition coefficient (Wildman–Crippen LogP) is -0.734. The molecule has 0 unspecified atom stereocenters. The standard InChI is InChI=1S/C15H19N3O7S/c1-11-2-3-12(18(22)23)10-13(11)26(24,25)17-8-6-16(7-9-17)14(19)4-5-15(20)21/h2-3,10H,4-9H2,1H3,(H,20,21)/p-1. The quantitative estimate of drug-likeness (QED) is 0.465. The number of non-ortho nitro benzene ring substituents is 1. The van der Waals surface area contributed by atoms with E-state index in [-0.39, 0.29) is 55.5 Å². The molecule has 0 N–H and O–H groups in total. The van der Waals surface area contributed by atoms with Crippen LogP contribution in [0.25, 0.3) is 0 Å². The molecule has 0 aromatic heterocycles. The molecule has 1 aliphatic rings. The Hall–Kier alpha value is -2.53. The van der Waals surface area contributed by atoms with Crippen LogP contribution >= 0.6 is 0 Å². The Kier molecular flexibility index (Phi) is 5.93. The summed E-state index contributed by atoms with van der Waals surface area (Å²) < 4.78 is 26.7. The van der Waals surface area contributed by atoms with E-state index in [0.717, 1.165) is 6.07 Å². The van der Waals surface area contributed by atoms with Gasteiger partial charge in [-0.1, -0.05) is 6.07 Å². The van der Waals surface area contributed by atoms with Crippen LogP contribution in [0.2, 0.25) is 0 Å². The first kappa shape index (κ1) is 19.8. The molecule has 0 radical (unpaired) electrons. The number of sulfonamides is 1. The molecule has 1 saturated heterocycles. The summed E-state index contributed by atoms with van der Waals surface area (Å²) in [4.78, 5) is 33.8. The number of amides is 1. The molecule has 0 aliphatic carbocycles. The maximum Gasteiger partial charge on any atom is 0.270 e. The molecule has 2 rings (SSSR count). The number of aliphatic carboxylic acids is 1. The molecule has 1 aromatic rings. The van der Waals surface area contributed by atoms with Gasteiger partial charge in [0.25, 0.3) is 5.69 Å². The zero-order chi connectivity index (χ0) is 19.5. The van der Waals surface area contributed by atoms with Crippen LogP contribution in [-0.2, 0) is 19.6 Å². The molecule has 0 spiro atoms. The summed E-state index contributed by atoms with van der Waals surface area (Å²) in [6.07, 6.45) is -0.580. The van der Waals surface area contributed by atoms with Crippen molar-refractivity contribution >= 4 is 27.6 Å². The van der Waals surface area contributed by atoms with Crippen molar-refractivity contribution in [1.29, 1.82) is 0 Å². The third kappa shape index (κ3) is 4.35. The molecule has 26 heavy (non-hydrogen) atoms. The number of nitrogens with zero attached hydrogens (tertiary/aromatic N) is 3. The van der Waals surface area contributed by atoms with Gasteiger partial charge in [0.05, 0.1) is 9.82 Å². The highest BCUT2D eigenvalue weighted by Crippen LogP contribution is 2.25. The van der Waals surface area contributed by atoms with Gasteiger partial charge in [-0.2, -0.15) is 4.31 Å². The highest BCUT2D eigenvalue weighted by atomic mass is 32.2. The number of hydrogen-bond donors (Lipinski definition) is 0. The lowest BCUT2D eigenvalue weighted by molar-refractivity contribution is -0.385. The summed E-state index contributed by atoms with van der Waals surface area (Å²) in [5.41, 5.74) is 0.0772. The molecule has 1 aromatic carbocycles. The summed E-state index contributed by atoms with van der Waals surface area (Å²) in [6, 6.07) is 3.65. The van der Waals surface area contributed by atoms with Crippen LogP contribution in [0.5, 0.6) is 0 Å². The zero-order valence-electron chi connectivity index (χ0n) is 14.1. The second-order valence-electron chi connectivity index (χ2n) is 5.86. The molecule has 10 nitrogen and oxygen atoms in total. The summed E-state index contributed by atoms with van der Waals surface area (Å²) in [7, 11) is -3.94. The van der Waals surface area contributed by atoms with E-state index in [1.165, 1.54) is 21.3 Å². The van der Waals surface area contributed by atoms with Gasteiger partial charge in [-0.25, -0.2) is 8.42 Å². The first-order valence-corrected chi connectivity index (χ1v) is 9.29. The monoisotopic (exact) mass is 384 g/mol. The molecule has 11 heteroatoms. The number of carbonyl (C=O) groups is 2. The smallest absolute Gasteiger partial charge is 0.270 e. The van der Waals surface area contributed by atoms with Crippen LogP contribution in [0, 0.1) is 17.0 Å². The molecular formula is C15H18N3O7S-. The molecule has 0 saturated carbocycles. The Labute approximate surface area is 150 Å². The summed E-state index contributed by atoms with van der Waals surface area (Å²) in [6.45, 7) is 1.86. The summed E-state index contributed by atoms with van der Waals surface area (Å²) in [5.74, 6) is -1.70. The lowest BCUT2D eigenvalue weighted by Crippen LogP contribution is -2.50. The normalized spacial score (nSPS) is 15.7. The highest BCUT2D eigenvalue weighted by molar-refractivity contribution is 7.89. The fourth-order valence-electron chi connectivity index (χ4n) is 2.66. The maximum atomic E-state index is 12.8. The van der Waals surface area contributed by atoms with Crippen molar-refractivity contribution in [3.63, 3.8) is 0 Å². The predicted molar refractivity (Wildman–Crippen MR) is 87.4 cm³/mol. The lowest BCUT2D eigenvalue weighted by atomic mass is 10.2. The van der Waals surface area contributed by atoms with Gasteiger partial charge in [0.2, 0.25) is 15.9 Å². The van der Waals surface area contributed by atoms with E-state index in [0.29, 0.717) is 5.56 Å². The number of rotatable bonds is 6. The van der Waals surface area contributed by atoms with E-state index in [9.17, 15) is 33.2 Å². The topological polar surface area (TPSA) is 141 Å². The number of hydrogen-bond acceptors (Lipinski definition) is 7. The van der Waals surface area contributed by atoms with Gasteiger partial charge in [-0.05, 0) is 18.9 Å². The van der Waals surface area contributed by atoms with Crippen molar-refractivity contribution in [2.24, 2.45) is 0 Å². The third-order valence-electron chi connectivity index (χ3n) is 4.13. The Morgan fingerprint density at radius 1 is 1.15 bits per heavy atom. The number of nitro benzene ring substituents is 1. The molecule has 1 amide bonds. The van der Waals surface area contributed by atoms with Crippen molar-refractivity contribution in [3.05, 3.63) is 33.9 Å². The molecule has 0 atom stereocenters. The van der Waals surface area contributed by atoms with Crippen molar-refractivity contribution in [1.82, 2.24) is 9.21 Å². The van der Waals surface area contributed by atoms with E-state index in [1.807, 2.05) is 0 Å². The van der Waals surface area contributed by atoms with Crippen LogP contribution in [0.3, 0.4) is 0 Å². The van der Waals surface area contributed by atoms with Crippen LogP contribution in [-0.4, -0.2) is 60.6 Å². The van der Waals surface area contributed by atoms with E-state index in [4.69, 9.17) is 0 Å². The lowest BCUT2D eigenvalue weighted by Gasteiger charge is -2.34. The Morgan fingerprint density at radius 3 is 2.31 bits per heavy atom. The van der Waals surface area contributed by atoms with Crippen molar-refractivity contribution in [3.8, 4) is 0 Å². The molecule has 142 valence electrons. The molecular weight excluding hydrogens is 366 g/mol. The number of carbonyl (C=O) groups excluding carboxylic acids is 2. The van der Waals surface area contributed by atoms with Crippen LogP contribution in [0.4, 0.5) is 5.69 Å². The van der Waals surface area contributed by atoms with Gasteiger partial charge in [-0.15, -0.1) is 0 Å². The van der Waals surface area contributed by atoms with E-state index in [1.54, 1.807) is 6.92 Å². The summed E-state index contributed by atoms with van der Waals surface area (Å²) >= 11 is 0. The van der Waals surface area contributed by atoms with Gasteiger partial charge in [-0.3, -0.25) is 14.9 Å². The number of benzene rings is 1.